The Morgan fingerprint density at radius 3 is 2.56 bits per heavy atom. The molecule has 0 aromatic carbocycles. The van der Waals surface area contributed by atoms with Gasteiger partial charge in [-0.2, -0.15) is 0 Å². The van der Waals surface area contributed by atoms with Gasteiger partial charge in [-0.05, 0) is 52.0 Å². The van der Waals surface area contributed by atoms with E-state index in [-0.39, 0.29) is 5.97 Å². The van der Waals surface area contributed by atoms with E-state index < -0.39 is 0 Å². The fraction of sp³-hybridized carbons (Fsp3) is 0.692. The van der Waals surface area contributed by atoms with Crippen molar-refractivity contribution < 1.29 is 9.53 Å². The topological polar surface area (TPSA) is 38.7 Å². The molecule has 0 unspecified atom stereocenters. The van der Waals surface area contributed by atoms with Crippen LogP contribution in [0.4, 0.5) is 0 Å². The molecule has 0 bridgehead atoms. The monoisotopic (exact) mass is 223 g/mol. The zero-order chi connectivity index (χ0) is 12.0. The van der Waals surface area contributed by atoms with E-state index in [0.717, 1.165) is 24.8 Å². The van der Waals surface area contributed by atoms with Crippen LogP contribution in [0.5, 0.6) is 0 Å². The van der Waals surface area contributed by atoms with Gasteiger partial charge >= 0.3 is 5.97 Å². The summed E-state index contributed by atoms with van der Waals surface area (Å²) in [7, 11) is 0. The van der Waals surface area contributed by atoms with Crippen LogP contribution in [0.3, 0.4) is 0 Å². The average molecular weight is 223 g/mol. The molecular weight excluding hydrogens is 202 g/mol. The zero-order valence-electron chi connectivity index (χ0n) is 10.5. The molecule has 0 saturated carbocycles. The van der Waals surface area contributed by atoms with E-state index in [1.807, 2.05) is 13.8 Å². The molecule has 0 aromatic rings. The number of nitrogens with zero attached hydrogens (tertiary/aromatic N) is 1. The molecule has 0 N–H and O–H groups in total. The third-order valence-electron chi connectivity index (χ3n) is 2.81. The molecule has 0 saturated heterocycles. The molecule has 0 amide bonds. The molecule has 16 heavy (non-hydrogen) atoms. The van der Waals surface area contributed by atoms with Crippen LogP contribution in [-0.4, -0.2) is 24.8 Å². The number of carbonyl (C=O) groups is 1. The fourth-order valence-electron chi connectivity index (χ4n) is 2.02. The number of esters is 1. The lowest BCUT2D eigenvalue weighted by atomic mass is 9.89. The van der Waals surface area contributed by atoms with Gasteiger partial charge in [-0.1, -0.05) is 5.57 Å². The minimum absolute atomic E-state index is 0.263. The summed E-state index contributed by atoms with van der Waals surface area (Å²) in [6, 6.07) is 0. The van der Waals surface area contributed by atoms with E-state index in [0.29, 0.717) is 18.9 Å². The van der Waals surface area contributed by atoms with Gasteiger partial charge in [0.1, 0.15) is 5.71 Å². The molecule has 0 heterocycles. The lowest BCUT2D eigenvalue weighted by molar-refractivity contribution is -0.135. The Balaban J connectivity index is 2.93. The standard InChI is InChI=1S/C13H21NO2/c1-4-14-12(13(15)16-5-2)11-9-7-6-8-10(11)3/h4-9H2,1-3H3. The van der Waals surface area contributed by atoms with E-state index in [9.17, 15) is 4.79 Å². The fourth-order valence-corrected chi connectivity index (χ4v) is 2.02. The van der Waals surface area contributed by atoms with E-state index in [4.69, 9.17) is 4.74 Å². The van der Waals surface area contributed by atoms with E-state index in [2.05, 4.69) is 11.9 Å². The van der Waals surface area contributed by atoms with Gasteiger partial charge in [0, 0.05) is 6.54 Å². The van der Waals surface area contributed by atoms with Crippen molar-refractivity contribution in [2.24, 2.45) is 4.99 Å². The largest absolute Gasteiger partial charge is 0.461 e. The van der Waals surface area contributed by atoms with Gasteiger partial charge in [-0.3, -0.25) is 4.99 Å². The Kier molecular flexibility index (Phi) is 5.23. The summed E-state index contributed by atoms with van der Waals surface area (Å²) in [5.41, 5.74) is 2.97. The van der Waals surface area contributed by atoms with Crippen molar-refractivity contribution in [2.45, 2.75) is 46.5 Å². The van der Waals surface area contributed by atoms with Crippen molar-refractivity contribution in [1.29, 1.82) is 0 Å². The second-order valence-electron chi connectivity index (χ2n) is 4.01. The van der Waals surface area contributed by atoms with Crippen LogP contribution >= 0.6 is 0 Å². The van der Waals surface area contributed by atoms with Gasteiger partial charge in [-0.25, -0.2) is 4.79 Å². The lowest BCUT2D eigenvalue weighted by Gasteiger charge is -2.18. The first-order valence-corrected chi connectivity index (χ1v) is 6.11. The highest BCUT2D eigenvalue weighted by Crippen LogP contribution is 2.25. The minimum atomic E-state index is -0.263. The summed E-state index contributed by atoms with van der Waals surface area (Å²) >= 11 is 0. The van der Waals surface area contributed by atoms with Crippen LogP contribution in [0.15, 0.2) is 16.1 Å². The van der Waals surface area contributed by atoms with Crippen molar-refractivity contribution in [1.82, 2.24) is 0 Å². The zero-order valence-corrected chi connectivity index (χ0v) is 10.5. The van der Waals surface area contributed by atoms with E-state index in [1.165, 1.54) is 12.0 Å². The smallest absolute Gasteiger partial charge is 0.356 e. The highest BCUT2D eigenvalue weighted by molar-refractivity contribution is 6.43. The first-order chi connectivity index (χ1) is 7.70. The number of aliphatic imine (C=N–C) groups is 1. The van der Waals surface area contributed by atoms with Crippen LogP contribution in [0.2, 0.25) is 0 Å². The van der Waals surface area contributed by atoms with Crippen molar-refractivity contribution >= 4 is 11.7 Å². The van der Waals surface area contributed by atoms with Gasteiger partial charge in [-0.15, -0.1) is 0 Å². The van der Waals surface area contributed by atoms with Crippen molar-refractivity contribution in [3.05, 3.63) is 11.1 Å². The van der Waals surface area contributed by atoms with Crippen LogP contribution in [0.25, 0.3) is 0 Å². The maximum absolute atomic E-state index is 11.8. The Morgan fingerprint density at radius 2 is 2.00 bits per heavy atom. The molecule has 1 aliphatic rings. The average Bonchev–Trinajstić information content (AvgIpc) is 2.27. The van der Waals surface area contributed by atoms with Gasteiger partial charge in [0.25, 0.3) is 0 Å². The Labute approximate surface area is 97.6 Å². The minimum Gasteiger partial charge on any atom is -0.461 e. The SMILES string of the molecule is CCN=C(C(=O)OCC)C1=C(C)CCCC1. The number of hydrogen-bond acceptors (Lipinski definition) is 3. The summed E-state index contributed by atoms with van der Waals surface area (Å²) in [5.74, 6) is -0.263. The number of ether oxygens (including phenoxy) is 1. The quantitative estimate of drug-likeness (QED) is 0.543. The molecule has 0 spiro atoms. The Morgan fingerprint density at radius 1 is 1.31 bits per heavy atom. The molecule has 0 atom stereocenters. The van der Waals surface area contributed by atoms with Crippen LogP contribution in [0, 0.1) is 0 Å². The molecule has 3 heteroatoms. The summed E-state index contributed by atoms with van der Waals surface area (Å²) in [4.78, 5) is 16.1. The van der Waals surface area contributed by atoms with Gasteiger partial charge in [0.2, 0.25) is 0 Å². The highest BCUT2D eigenvalue weighted by Gasteiger charge is 2.21. The van der Waals surface area contributed by atoms with Gasteiger partial charge in [0.05, 0.1) is 6.61 Å². The molecule has 1 aliphatic carbocycles. The molecular formula is C13H21NO2. The second-order valence-corrected chi connectivity index (χ2v) is 4.01. The predicted octanol–water partition coefficient (Wildman–Crippen LogP) is 2.90. The first-order valence-electron chi connectivity index (χ1n) is 6.11. The van der Waals surface area contributed by atoms with Gasteiger partial charge in [0.15, 0.2) is 0 Å². The Bertz CT molecular complexity index is 316. The van der Waals surface area contributed by atoms with E-state index >= 15 is 0 Å². The maximum Gasteiger partial charge on any atom is 0.356 e. The van der Waals surface area contributed by atoms with E-state index in [1.54, 1.807) is 0 Å². The van der Waals surface area contributed by atoms with Gasteiger partial charge < -0.3 is 4.74 Å². The van der Waals surface area contributed by atoms with Crippen molar-refractivity contribution in [3.8, 4) is 0 Å². The first kappa shape index (κ1) is 12.9. The molecule has 3 nitrogen and oxygen atoms in total. The molecule has 1 rings (SSSR count). The highest BCUT2D eigenvalue weighted by atomic mass is 16.5. The summed E-state index contributed by atoms with van der Waals surface area (Å²) < 4.78 is 5.05. The molecule has 0 aromatic heterocycles. The normalized spacial score (nSPS) is 17.6. The number of hydrogen-bond donors (Lipinski definition) is 0. The lowest BCUT2D eigenvalue weighted by Crippen LogP contribution is -2.22. The van der Waals surface area contributed by atoms with Crippen LogP contribution < -0.4 is 0 Å². The Hall–Kier alpha value is -1.12. The molecule has 0 aliphatic heterocycles. The van der Waals surface area contributed by atoms with Crippen LogP contribution in [-0.2, 0) is 9.53 Å². The van der Waals surface area contributed by atoms with Crippen molar-refractivity contribution in [2.75, 3.05) is 13.2 Å². The summed E-state index contributed by atoms with van der Waals surface area (Å²) in [6.45, 7) is 6.90. The maximum atomic E-state index is 11.8. The second kappa shape index (κ2) is 6.46. The third kappa shape index (κ3) is 3.19. The summed E-state index contributed by atoms with van der Waals surface area (Å²) in [6.07, 6.45) is 4.41. The third-order valence-corrected chi connectivity index (χ3v) is 2.81. The molecule has 90 valence electrons. The molecule has 0 fully saturated rings. The predicted molar refractivity (Wildman–Crippen MR) is 65.8 cm³/mol. The number of allylic oxidation sites excluding steroid dienone is 1. The number of rotatable bonds is 4. The van der Waals surface area contributed by atoms with Crippen LogP contribution in [0.1, 0.15) is 46.5 Å². The molecule has 0 radical (unpaired) electrons. The summed E-state index contributed by atoms with van der Waals surface area (Å²) in [5, 5.41) is 0. The van der Waals surface area contributed by atoms with Crippen molar-refractivity contribution in [3.63, 3.8) is 0 Å². The number of carbonyl (C=O) groups excluding carboxylic acids is 1.